The van der Waals surface area contributed by atoms with Crippen LogP contribution in [0.5, 0.6) is 0 Å². The molecule has 6 heteroatoms. The number of nitrogens with zero attached hydrogens (tertiary/aromatic N) is 2. The highest BCUT2D eigenvalue weighted by Gasteiger charge is 2.14. The zero-order valence-electron chi connectivity index (χ0n) is 11.5. The molecule has 0 aliphatic rings. The van der Waals surface area contributed by atoms with Crippen molar-refractivity contribution in [2.75, 3.05) is 0 Å². The minimum absolute atomic E-state index is 0.0930. The first kappa shape index (κ1) is 15.0. The normalized spacial score (nSPS) is 12.9. The van der Waals surface area contributed by atoms with Gasteiger partial charge in [-0.05, 0) is 37.6 Å². The van der Waals surface area contributed by atoms with Gasteiger partial charge in [-0.3, -0.25) is 16.0 Å². The van der Waals surface area contributed by atoms with Crippen molar-refractivity contribution in [2.45, 2.75) is 32.4 Å². The van der Waals surface area contributed by atoms with Gasteiger partial charge in [0, 0.05) is 18.7 Å². The highest BCUT2D eigenvalue weighted by atomic mass is 35.5. The molecule has 2 aromatic rings. The van der Waals surface area contributed by atoms with Gasteiger partial charge in [0.25, 0.3) is 0 Å². The van der Waals surface area contributed by atoms with E-state index >= 15 is 0 Å². The Labute approximate surface area is 122 Å². The number of halogens is 2. The first-order chi connectivity index (χ1) is 9.51. The molecular weight excluding hydrogens is 279 g/mol. The summed E-state index contributed by atoms with van der Waals surface area (Å²) in [6, 6.07) is 6.70. The molecule has 0 spiro atoms. The highest BCUT2D eigenvalue weighted by Crippen LogP contribution is 2.23. The standard InChI is InChI=1S/C14H18ClFN4/c1-9(2)20-6-5-11(19-20)8-14(18-17)10-3-4-13(16)12(15)7-10/h3-7,9,14,18H,8,17H2,1-2H3. The van der Waals surface area contributed by atoms with Crippen molar-refractivity contribution < 1.29 is 4.39 Å². The molecule has 0 amide bonds. The van der Waals surface area contributed by atoms with Crippen molar-refractivity contribution in [3.05, 3.63) is 52.6 Å². The maximum atomic E-state index is 13.2. The summed E-state index contributed by atoms with van der Waals surface area (Å²) in [5, 5.41) is 4.57. The molecule has 0 aliphatic carbocycles. The van der Waals surface area contributed by atoms with E-state index < -0.39 is 5.82 Å². The van der Waals surface area contributed by atoms with Gasteiger partial charge in [-0.2, -0.15) is 5.10 Å². The van der Waals surface area contributed by atoms with Crippen LogP contribution in [0.15, 0.2) is 30.5 Å². The van der Waals surface area contributed by atoms with Crippen LogP contribution in [0.3, 0.4) is 0 Å². The third-order valence-electron chi connectivity index (χ3n) is 3.15. The Morgan fingerprint density at radius 3 is 2.70 bits per heavy atom. The molecule has 0 bridgehead atoms. The fourth-order valence-electron chi connectivity index (χ4n) is 1.99. The summed E-state index contributed by atoms with van der Waals surface area (Å²) in [5.74, 6) is 5.15. The minimum Gasteiger partial charge on any atom is -0.271 e. The Kier molecular flexibility index (Phi) is 4.75. The second-order valence-electron chi connectivity index (χ2n) is 4.98. The molecule has 1 aromatic heterocycles. The number of benzene rings is 1. The Morgan fingerprint density at radius 1 is 1.40 bits per heavy atom. The van der Waals surface area contributed by atoms with Gasteiger partial charge in [0.1, 0.15) is 5.82 Å². The van der Waals surface area contributed by atoms with E-state index in [0.717, 1.165) is 11.3 Å². The number of rotatable bonds is 5. The molecule has 0 fully saturated rings. The predicted molar refractivity (Wildman–Crippen MR) is 77.8 cm³/mol. The Hall–Kier alpha value is -1.43. The molecule has 1 atom stereocenters. The van der Waals surface area contributed by atoms with Crippen molar-refractivity contribution in [2.24, 2.45) is 5.84 Å². The summed E-state index contributed by atoms with van der Waals surface area (Å²) in [4.78, 5) is 0. The summed E-state index contributed by atoms with van der Waals surface area (Å²) < 4.78 is 15.1. The van der Waals surface area contributed by atoms with Gasteiger partial charge in [0.15, 0.2) is 0 Å². The summed E-state index contributed by atoms with van der Waals surface area (Å²) in [6.07, 6.45) is 2.55. The molecule has 1 heterocycles. The summed E-state index contributed by atoms with van der Waals surface area (Å²) in [7, 11) is 0. The monoisotopic (exact) mass is 296 g/mol. The smallest absolute Gasteiger partial charge is 0.141 e. The van der Waals surface area contributed by atoms with Gasteiger partial charge >= 0.3 is 0 Å². The third kappa shape index (κ3) is 3.36. The number of hydrogen-bond acceptors (Lipinski definition) is 3. The fourth-order valence-corrected chi connectivity index (χ4v) is 2.17. The Morgan fingerprint density at radius 2 is 2.15 bits per heavy atom. The number of aromatic nitrogens is 2. The fraction of sp³-hybridized carbons (Fsp3) is 0.357. The Bertz CT molecular complexity index is 582. The predicted octanol–water partition coefficient (Wildman–Crippen LogP) is 3.00. The van der Waals surface area contributed by atoms with Crippen LogP contribution in [0.1, 0.15) is 37.2 Å². The van der Waals surface area contributed by atoms with Gasteiger partial charge in [0.2, 0.25) is 0 Å². The van der Waals surface area contributed by atoms with Crippen LogP contribution in [0.4, 0.5) is 4.39 Å². The SMILES string of the molecule is CC(C)n1ccc(CC(NN)c2ccc(F)c(Cl)c2)n1. The topological polar surface area (TPSA) is 55.9 Å². The van der Waals surface area contributed by atoms with Gasteiger partial charge in [-0.15, -0.1) is 0 Å². The molecule has 4 nitrogen and oxygen atoms in total. The average Bonchev–Trinajstić information content (AvgIpc) is 2.88. The van der Waals surface area contributed by atoms with E-state index in [4.69, 9.17) is 17.4 Å². The molecule has 1 aromatic carbocycles. The highest BCUT2D eigenvalue weighted by molar-refractivity contribution is 6.30. The largest absolute Gasteiger partial charge is 0.271 e. The molecule has 2 rings (SSSR count). The van der Waals surface area contributed by atoms with E-state index in [0.29, 0.717) is 12.5 Å². The van der Waals surface area contributed by atoms with Crippen LogP contribution < -0.4 is 11.3 Å². The molecule has 3 N–H and O–H groups in total. The van der Waals surface area contributed by atoms with Crippen molar-refractivity contribution in [3.8, 4) is 0 Å². The van der Waals surface area contributed by atoms with E-state index in [9.17, 15) is 4.39 Å². The summed E-state index contributed by atoms with van der Waals surface area (Å²) in [6.45, 7) is 4.13. The van der Waals surface area contributed by atoms with Crippen LogP contribution in [0.25, 0.3) is 0 Å². The van der Waals surface area contributed by atoms with Crippen molar-refractivity contribution in [3.63, 3.8) is 0 Å². The first-order valence-electron chi connectivity index (χ1n) is 6.46. The molecule has 1 unspecified atom stereocenters. The van der Waals surface area contributed by atoms with Crippen LogP contribution >= 0.6 is 11.6 Å². The van der Waals surface area contributed by atoms with Crippen LogP contribution in [0.2, 0.25) is 5.02 Å². The third-order valence-corrected chi connectivity index (χ3v) is 3.44. The average molecular weight is 297 g/mol. The number of nitrogens with one attached hydrogen (secondary N) is 1. The number of hydrogen-bond donors (Lipinski definition) is 2. The van der Waals surface area contributed by atoms with Crippen LogP contribution in [-0.2, 0) is 6.42 Å². The van der Waals surface area contributed by atoms with Crippen molar-refractivity contribution in [1.82, 2.24) is 15.2 Å². The first-order valence-corrected chi connectivity index (χ1v) is 6.84. The van der Waals surface area contributed by atoms with Crippen molar-refractivity contribution >= 4 is 11.6 Å². The van der Waals surface area contributed by atoms with Crippen molar-refractivity contribution in [1.29, 1.82) is 0 Å². The van der Waals surface area contributed by atoms with Gasteiger partial charge < -0.3 is 0 Å². The van der Waals surface area contributed by atoms with Crippen LogP contribution in [-0.4, -0.2) is 9.78 Å². The molecule has 0 aliphatic heterocycles. The lowest BCUT2D eigenvalue weighted by molar-refractivity contribution is 0.506. The minimum atomic E-state index is -0.435. The zero-order valence-corrected chi connectivity index (χ0v) is 12.2. The van der Waals surface area contributed by atoms with E-state index in [1.54, 1.807) is 12.1 Å². The molecular formula is C14H18ClFN4. The van der Waals surface area contributed by atoms with Gasteiger partial charge in [-0.1, -0.05) is 17.7 Å². The lowest BCUT2D eigenvalue weighted by Crippen LogP contribution is -2.29. The lowest BCUT2D eigenvalue weighted by Gasteiger charge is -2.15. The number of nitrogens with two attached hydrogens (primary N) is 1. The number of hydrazine groups is 1. The summed E-state index contributed by atoms with van der Waals surface area (Å²) in [5.41, 5.74) is 4.47. The molecule has 108 valence electrons. The van der Waals surface area contributed by atoms with E-state index in [1.807, 2.05) is 16.9 Å². The molecule has 0 saturated carbocycles. The van der Waals surface area contributed by atoms with E-state index in [-0.39, 0.29) is 11.1 Å². The second-order valence-corrected chi connectivity index (χ2v) is 5.38. The summed E-state index contributed by atoms with van der Waals surface area (Å²) >= 11 is 5.80. The second kappa shape index (κ2) is 6.35. The quantitative estimate of drug-likeness (QED) is 0.659. The lowest BCUT2D eigenvalue weighted by atomic mass is 10.0. The van der Waals surface area contributed by atoms with Crippen LogP contribution in [0, 0.1) is 5.82 Å². The van der Waals surface area contributed by atoms with Gasteiger partial charge in [-0.25, -0.2) is 4.39 Å². The van der Waals surface area contributed by atoms with Gasteiger partial charge in [0.05, 0.1) is 16.8 Å². The molecule has 0 radical (unpaired) electrons. The van der Waals surface area contributed by atoms with E-state index in [2.05, 4.69) is 24.4 Å². The molecule has 20 heavy (non-hydrogen) atoms. The maximum Gasteiger partial charge on any atom is 0.141 e. The van der Waals surface area contributed by atoms with E-state index in [1.165, 1.54) is 6.07 Å². The zero-order chi connectivity index (χ0) is 14.7. The Balaban J connectivity index is 2.17. The molecule has 0 saturated heterocycles. The maximum absolute atomic E-state index is 13.2.